The molecule has 0 N–H and O–H groups in total. The Balaban J connectivity index is 1.82. The van der Waals surface area contributed by atoms with Crippen LogP contribution in [0.15, 0.2) is 48.5 Å². The van der Waals surface area contributed by atoms with E-state index in [0.29, 0.717) is 17.5 Å². The molecule has 4 nitrogen and oxygen atoms in total. The maximum absolute atomic E-state index is 12.3. The van der Waals surface area contributed by atoms with Gasteiger partial charge in [-0.2, -0.15) is 0 Å². The number of esters is 2. The molecule has 2 aromatic carbocycles. The average Bonchev–Trinajstić information content (AvgIpc) is 2.69. The van der Waals surface area contributed by atoms with Crippen LogP contribution < -0.4 is 0 Å². The molecule has 0 heterocycles. The number of aryl methyl sites for hydroxylation is 2. The summed E-state index contributed by atoms with van der Waals surface area (Å²) in [6, 6.07) is 15.0. The maximum atomic E-state index is 12.3. The molecule has 4 heteroatoms. The van der Waals surface area contributed by atoms with Crippen LogP contribution in [0.2, 0.25) is 0 Å². The second kappa shape index (κ2) is 11.4. The van der Waals surface area contributed by atoms with Crippen LogP contribution in [-0.2, 0) is 22.3 Å². The Bertz CT molecular complexity index is 710. The summed E-state index contributed by atoms with van der Waals surface area (Å²) in [5.41, 5.74) is 3.49. The molecule has 156 valence electrons. The minimum absolute atomic E-state index is 0.354. The Labute approximate surface area is 174 Å². The molecule has 2 aromatic rings. The lowest BCUT2D eigenvalue weighted by Crippen LogP contribution is -2.23. The molecule has 0 aliphatic heterocycles. The van der Waals surface area contributed by atoms with Crippen LogP contribution in [0.4, 0.5) is 0 Å². The number of carbonyl (C=O) groups excluding carboxylic acids is 2. The van der Waals surface area contributed by atoms with Gasteiger partial charge in [0, 0.05) is 6.42 Å². The lowest BCUT2D eigenvalue weighted by Gasteiger charge is -2.19. The van der Waals surface area contributed by atoms with Crippen LogP contribution in [0, 0.1) is 0 Å². The number of carbonyl (C=O) groups is 2. The minimum Gasteiger partial charge on any atom is -0.459 e. The van der Waals surface area contributed by atoms with Gasteiger partial charge < -0.3 is 9.47 Å². The second-order valence-electron chi connectivity index (χ2n) is 7.56. The molecule has 0 aliphatic carbocycles. The lowest BCUT2D eigenvalue weighted by molar-refractivity contribution is 0.00764. The molecule has 0 fully saturated rings. The van der Waals surface area contributed by atoms with Crippen LogP contribution in [-0.4, -0.2) is 24.1 Å². The van der Waals surface area contributed by atoms with Crippen molar-refractivity contribution < 1.29 is 19.1 Å². The zero-order chi connectivity index (χ0) is 21.2. The van der Waals surface area contributed by atoms with Crippen molar-refractivity contribution in [3.05, 3.63) is 70.8 Å². The quantitative estimate of drug-likeness (QED) is 0.478. The fourth-order valence-corrected chi connectivity index (χ4v) is 3.26. The summed E-state index contributed by atoms with van der Waals surface area (Å²) in [5, 5.41) is 0. The van der Waals surface area contributed by atoms with Gasteiger partial charge in [-0.15, -0.1) is 0 Å². The second-order valence-corrected chi connectivity index (χ2v) is 7.56. The van der Waals surface area contributed by atoms with Crippen molar-refractivity contribution in [2.45, 2.75) is 72.0 Å². The van der Waals surface area contributed by atoms with E-state index in [1.807, 2.05) is 38.1 Å². The van der Waals surface area contributed by atoms with E-state index in [1.54, 1.807) is 24.3 Å². The Hall–Kier alpha value is -2.62. The molecule has 2 rings (SSSR count). The average molecular weight is 397 g/mol. The van der Waals surface area contributed by atoms with E-state index in [9.17, 15) is 9.59 Å². The highest BCUT2D eigenvalue weighted by atomic mass is 16.6. The summed E-state index contributed by atoms with van der Waals surface area (Å²) in [6.07, 6.45) is 3.87. The van der Waals surface area contributed by atoms with Gasteiger partial charge in [-0.25, -0.2) is 9.59 Å². The predicted molar refractivity (Wildman–Crippen MR) is 115 cm³/mol. The number of benzene rings is 2. The zero-order valence-corrected chi connectivity index (χ0v) is 17.9. The Morgan fingerprint density at radius 2 is 1.03 bits per heavy atom. The van der Waals surface area contributed by atoms with E-state index in [1.165, 1.54) is 11.1 Å². The third-order valence-electron chi connectivity index (χ3n) is 4.74. The van der Waals surface area contributed by atoms with Gasteiger partial charge in [-0.1, -0.05) is 51.0 Å². The highest BCUT2D eigenvalue weighted by Crippen LogP contribution is 2.14. The summed E-state index contributed by atoms with van der Waals surface area (Å²) >= 11 is 0. The Morgan fingerprint density at radius 3 is 1.34 bits per heavy atom. The van der Waals surface area contributed by atoms with Gasteiger partial charge in [0.05, 0.1) is 11.1 Å². The first kappa shape index (κ1) is 22.7. The fraction of sp³-hybridized carbons (Fsp3) is 0.440. The summed E-state index contributed by atoms with van der Waals surface area (Å²) in [6.45, 7) is 7.87. The number of hydrogen-bond donors (Lipinski definition) is 0. The molecule has 0 aliphatic rings. The first-order chi connectivity index (χ1) is 13.9. The third kappa shape index (κ3) is 7.37. The topological polar surface area (TPSA) is 52.6 Å². The molecule has 0 saturated heterocycles. The molecule has 0 saturated carbocycles. The van der Waals surface area contributed by atoms with Gasteiger partial charge in [0.25, 0.3) is 0 Å². The molecule has 0 bridgehead atoms. The van der Waals surface area contributed by atoms with Crippen LogP contribution in [0.5, 0.6) is 0 Å². The van der Waals surface area contributed by atoms with Crippen LogP contribution in [0.3, 0.4) is 0 Å². The van der Waals surface area contributed by atoms with Crippen molar-refractivity contribution in [3.63, 3.8) is 0 Å². The number of hydrogen-bond acceptors (Lipinski definition) is 4. The van der Waals surface area contributed by atoms with E-state index in [4.69, 9.17) is 9.47 Å². The van der Waals surface area contributed by atoms with Crippen LogP contribution >= 0.6 is 0 Å². The fourth-order valence-electron chi connectivity index (χ4n) is 3.26. The normalized spacial score (nSPS) is 12.8. The highest BCUT2D eigenvalue weighted by Gasteiger charge is 2.18. The van der Waals surface area contributed by atoms with E-state index >= 15 is 0 Å². The van der Waals surface area contributed by atoms with Crippen LogP contribution in [0.25, 0.3) is 0 Å². The Morgan fingerprint density at radius 1 is 0.690 bits per heavy atom. The summed E-state index contributed by atoms with van der Waals surface area (Å²) in [4.78, 5) is 24.6. The summed E-state index contributed by atoms with van der Waals surface area (Å²) < 4.78 is 11.0. The number of ether oxygens (including phenoxy) is 2. The molecule has 0 spiro atoms. The largest absolute Gasteiger partial charge is 0.459 e. The molecular weight excluding hydrogens is 364 g/mol. The molecule has 0 radical (unpaired) electrons. The maximum Gasteiger partial charge on any atom is 0.338 e. The van der Waals surface area contributed by atoms with Crippen LogP contribution in [0.1, 0.15) is 78.8 Å². The number of rotatable bonds is 10. The van der Waals surface area contributed by atoms with E-state index in [0.717, 1.165) is 25.7 Å². The van der Waals surface area contributed by atoms with Crippen molar-refractivity contribution in [2.75, 3.05) is 0 Å². The molecule has 2 unspecified atom stereocenters. The highest BCUT2D eigenvalue weighted by molar-refractivity contribution is 5.90. The Kier molecular flexibility index (Phi) is 8.91. The standard InChI is InChI=1S/C25H32O4/c1-5-7-20-9-13-22(14-10-20)24(26)28-18(3)17-19(4)29-25(27)23-15-11-21(8-6-2)12-16-23/h9-16,18-19H,5-8,17H2,1-4H3. The smallest absolute Gasteiger partial charge is 0.338 e. The van der Waals surface area contributed by atoms with E-state index in [-0.39, 0.29) is 24.1 Å². The van der Waals surface area contributed by atoms with Gasteiger partial charge in [0.1, 0.15) is 12.2 Å². The van der Waals surface area contributed by atoms with Crippen molar-refractivity contribution in [3.8, 4) is 0 Å². The van der Waals surface area contributed by atoms with Gasteiger partial charge in [0.15, 0.2) is 0 Å². The molecule has 0 aromatic heterocycles. The van der Waals surface area contributed by atoms with E-state index < -0.39 is 0 Å². The lowest BCUT2D eigenvalue weighted by atomic mass is 10.1. The van der Waals surface area contributed by atoms with Gasteiger partial charge in [-0.3, -0.25) is 0 Å². The third-order valence-corrected chi connectivity index (χ3v) is 4.74. The molecular formula is C25H32O4. The van der Waals surface area contributed by atoms with Gasteiger partial charge in [-0.05, 0) is 62.1 Å². The SMILES string of the molecule is CCCc1ccc(C(=O)OC(C)CC(C)OC(=O)c2ccc(CCC)cc2)cc1. The van der Waals surface area contributed by atoms with Crippen molar-refractivity contribution in [1.82, 2.24) is 0 Å². The molecule has 0 amide bonds. The van der Waals surface area contributed by atoms with Gasteiger partial charge in [0.2, 0.25) is 0 Å². The predicted octanol–water partition coefficient (Wildman–Crippen LogP) is 5.77. The zero-order valence-electron chi connectivity index (χ0n) is 17.9. The summed E-state index contributed by atoms with van der Waals surface area (Å²) in [5.74, 6) is -0.712. The van der Waals surface area contributed by atoms with Crippen molar-refractivity contribution in [2.24, 2.45) is 0 Å². The first-order valence-electron chi connectivity index (χ1n) is 10.5. The van der Waals surface area contributed by atoms with E-state index in [2.05, 4.69) is 13.8 Å². The molecule has 2 atom stereocenters. The van der Waals surface area contributed by atoms with Crippen molar-refractivity contribution in [1.29, 1.82) is 0 Å². The van der Waals surface area contributed by atoms with Crippen molar-refractivity contribution >= 4 is 11.9 Å². The van der Waals surface area contributed by atoms with Gasteiger partial charge >= 0.3 is 11.9 Å². The summed E-state index contributed by atoms with van der Waals surface area (Å²) in [7, 11) is 0. The first-order valence-corrected chi connectivity index (χ1v) is 10.5. The monoisotopic (exact) mass is 396 g/mol. The molecule has 29 heavy (non-hydrogen) atoms. The minimum atomic E-state index is -0.356.